The molecule has 2 heterocycles. The third-order valence-corrected chi connectivity index (χ3v) is 3.64. The Labute approximate surface area is 104 Å². The average Bonchev–Trinajstić information content (AvgIpc) is 2.53. The molecule has 4 heteroatoms. The summed E-state index contributed by atoms with van der Waals surface area (Å²) in [6, 6.07) is 0. The summed E-state index contributed by atoms with van der Waals surface area (Å²) in [5.41, 5.74) is -0.388. The molecule has 0 bridgehead atoms. The van der Waals surface area contributed by atoms with Gasteiger partial charge in [-0.25, -0.2) is 4.79 Å². The zero-order valence-electron chi connectivity index (χ0n) is 11.4. The van der Waals surface area contributed by atoms with Crippen molar-refractivity contribution < 1.29 is 9.53 Å². The van der Waals surface area contributed by atoms with Crippen LogP contribution in [0.15, 0.2) is 0 Å². The molecule has 0 radical (unpaired) electrons. The van der Waals surface area contributed by atoms with Gasteiger partial charge >= 0.3 is 6.09 Å². The van der Waals surface area contributed by atoms with E-state index in [2.05, 4.69) is 11.9 Å². The van der Waals surface area contributed by atoms with Gasteiger partial charge in [0, 0.05) is 26.2 Å². The van der Waals surface area contributed by atoms with E-state index in [1.807, 2.05) is 25.7 Å². The van der Waals surface area contributed by atoms with Gasteiger partial charge in [0.05, 0.1) is 0 Å². The highest BCUT2D eigenvalue weighted by molar-refractivity contribution is 5.68. The number of nitrogens with zero attached hydrogens (tertiary/aromatic N) is 2. The molecule has 0 N–H and O–H groups in total. The predicted molar refractivity (Wildman–Crippen MR) is 66.9 cm³/mol. The van der Waals surface area contributed by atoms with Gasteiger partial charge in [-0.1, -0.05) is 0 Å². The molecule has 2 atom stereocenters. The Balaban J connectivity index is 1.90. The molecule has 0 unspecified atom stereocenters. The number of amides is 1. The van der Waals surface area contributed by atoms with Crippen LogP contribution in [-0.4, -0.2) is 54.7 Å². The fourth-order valence-electron chi connectivity index (χ4n) is 2.90. The second-order valence-electron chi connectivity index (χ2n) is 6.46. The van der Waals surface area contributed by atoms with E-state index in [9.17, 15) is 4.79 Å². The third-order valence-electron chi connectivity index (χ3n) is 3.64. The molecule has 2 rings (SSSR count). The molecule has 2 aliphatic heterocycles. The molecular formula is C13H24N2O2. The number of piperidine rings is 1. The van der Waals surface area contributed by atoms with Gasteiger partial charge in [0.2, 0.25) is 0 Å². The summed E-state index contributed by atoms with van der Waals surface area (Å²) >= 11 is 0. The van der Waals surface area contributed by atoms with Crippen molar-refractivity contribution in [2.45, 2.75) is 32.8 Å². The summed E-state index contributed by atoms with van der Waals surface area (Å²) in [6.45, 7) is 9.77. The topological polar surface area (TPSA) is 32.8 Å². The molecular weight excluding hydrogens is 216 g/mol. The van der Waals surface area contributed by atoms with Crippen LogP contribution in [0.2, 0.25) is 0 Å². The van der Waals surface area contributed by atoms with E-state index < -0.39 is 0 Å². The van der Waals surface area contributed by atoms with Gasteiger partial charge < -0.3 is 14.5 Å². The first kappa shape index (κ1) is 12.7. The van der Waals surface area contributed by atoms with Crippen LogP contribution in [0.3, 0.4) is 0 Å². The van der Waals surface area contributed by atoms with Crippen molar-refractivity contribution in [3.05, 3.63) is 0 Å². The van der Waals surface area contributed by atoms with Gasteiger partial charge in [0.15, 0.2) is 0 Å². The van der Waals surface area contributed by atoms with Crippen LogP contribution in [0.25, 0.3) is 0 Å². The molecule has 2 saturated heterocycles. The lowest BCUT2D eigenvalue weighted by Gasteiger charge is -2.35. The van der Waals surface area contributed by atoms with Crippen LogP contribution in [0.1, 0.15) is 27.2 Å². The third kappa shape index (κ3) is 3.12. The molecule has 0 spiro atoms. The van der Waals surface area contributed by atoms with Gasteiger partial charge in [0.1, 0.15) is 5.60 Å². The SMILES string of the molecule is CN1C[C@H]2CCN(C(=O)OC(C)(C)C)C[C@H]2C1. The van der Waals surface area contributed by atoms with Crippen molar-refractivity contribution in [2.75, 3.05) is 33.2 Å². The fraction of sp³-hybridized carbons (Fsp3) is 0.923. The van der Waals surface area contributed by atoms with E-state index in [1.165, 1.54) is 6.54 Å². The summed E-state index contributed by atoms with van der Waals surface area (Å²) < 4.78 is 5.43. The Morgan fingerprint density at radius 1 is 1.18 bits per heavy atom. The largest absolute Gasteiger partial charge is 0.444 e. The molecule has 0 aromatic heterocycles. The zero-order chi connectivity index (χ0) is 12.6. The molecule has 17 heavy (non-hydrogen) atoms. The maximum atomic E-state index is 12.0. The van der Waals surface area contributed by atoms with E-state index in [0.29, 0.717) is 5.92 Å². The number of fused-ring (bicyclic) bond motifs is 1. The number of ether oxygens (including phenoxy) is 1. The first-order valence-corrected chi connectivity index (χ1v) is 6.51. The monoisotopic (exact) mass is 240 g/mol. The minimum absolute atomic E-state index is 0.148. The van der Waals surface area contributed by atoms with E-state index in [4.69, 9.17) is 4.74 Å². The number of carbonyl (C=O) groups excluding carboxylic acids is 1. The van der Waals surface area contributed by atoms with Crippen molar-refractivity contribution in [1.29, 1.82) is 0 Å². The second kappa shape index (κ2) is 4.48. The number of rotatable bonds is 0. The lowest BCUT2D eigenvalue weighted by molar-refractivity contribution is 0.0139. The van der Waals surface area contributed by atoms with E-state index in [1.54, 1.807) is 0 Å². The van der Waals surface area contributed by atoms with Gasteiger partial charge in [-0.3, -0.25) is 0 Å². The first-order valence-electron chi connectivity index (χ1n) is 6.51. The number of hydrogen-bond acceptors (Lipinski definition) is 3. The first-order chi connectivity index (χ1) is 7.85. The highest BCUT2D eigenvalue weighted by atomic mass is 16.6. The van der Waals surface area contributed by atoms with Crippen LogP contribution in [0.5, 0.6) is 0 Å². The van der Waals surface area contributed by atoms with Crippen LogP contribution >= 0.6 is 0 Å². The quantitative estimate of drug-likeness (QED) is 0.647. The Hall–Kier alpha value is -0.770. The van der Waals surface area contributed by atoms with Crippen molar-refractivity contribution in [3.63, 3.8) is 0 Å². The fourth-order valence-corrected chi connectivity index (χ4v) is 2.90. The molecule has 2 aliphatic rings. The minimum Gasteiger partial charge on any atom is -0.444 e. The Kier molecular flexibility index (Phi) is 3.34. The summed E-state index contributed by atoms with van der Waals surface area (Å²) in [6.07, 6.45) is 0.972. The van der Waals surface area contributed by atoms with E-state index in [-0.39, 0.29) is 11.7 Å². The maximum absolute atomic E-state index is 12.0. The molecule has 0 saturated carbocycles. The summed E-state index contributed by atoms with van der Waals surface area (Å²) in [5, 5.41) is 0. The normalized spacial score (nSPS) is 30.2. The zero-order valence-corrected chi connectivity index (χ0v) is 11.4. The average molecular weight is 240 g/mol. The minimum atomic E-state index is -0.388. The molecule has 0 aromatic rings. The Bertz CT molecular complexity index is 298. The number of likely N-dealkylation sites (tertiary alicyclic amines) is 2. The molecule has 1 amide bonds. The molecule has 0 aliphatic carbocycles. The highest BCUT2D eigenvalue weighted by Crippen LogP contribution is 2.30. The molecule has 98 valence electrons. The standard InChI is InChI=1S/C13H24N2O2/c1-13(2,3)17-12(16)15-6-5-10-7-14(4)8-11(10)9-15/h10-11H,5-9H2,1-4H3/t10-,11-/m1/s1. The smallest absolute Gasteiger partial charge is 0.410 e. The second-order valence-corrected chi connectivity index (χ2v) is 6.46. The van der Waals surface area contributed by atoms with Crippen LogP contribution < -0.4 is 0 Å². The summed E-state index contributed by atoms with van der Waals surface area (Å²) in [7, 11) is 2.16. The lowest BCUT2D eigenvalue weighted by Crippen LogP contribution is -2.45. The van der Waals surface area contributed by atoms with Gasteiger partial charge in [0.25, 0.3) is 0 Å². The predicted octanol–water partition coefficient (Wildman–Crippen LogP) is 1.80. The highest BCUT2D eigenvalue weighted by Gasteiger charge is 2.37. The lowest BCUT2D eigenvalue weighted by atomic mass is 9.89. The Morgan fingerprint density at radius 2 is 1.82 bits per heavy atom. The van der Waals surface area contributed by atoms with Crippen molar-refractivity contribution in [2.24, 2.45) is 11.8 Å². The molecule has 4 nitrogen and oxygen atoms in total. The number of carbonyl (C=O) groups is 1. The van der Waals surface area contributed by atoms with Gasteiger partial charge in [-0.05, 0) is 46.1 Å². The van der Waals surface area contributed by atoms with Crippen molar-refractivity contribution in [3.8, 4) is 0 Å². The van der Waals surface area contributed by atoms with Crippen LogP contribution in [0, 0.1) is 11.8 Å². The molecule has 0 aromatic carbocycles. The van der Waals surface area contributed by atoms with E-state index in [0.717, 1.165) is 32.0 Å². The van der Waals surface area contributed by atoms with Crippen LogP contribution in [-0.2, 0) is 4.74 Å². The maximum Gasteiger partial charge on any atom is 0.410 e. The van der Waals surface area contributed by atoms with Crippen LogP contribution in [0.4, 0.5) is 4.79 Å². The Morgan fingerprint density at radius 3 is 2.47 bits per heavy atom. The van der Waals surface area contributed by atoms with Gasteiger partial charge in [-0.2, -0.15) is 0 Å². The van der Waals surface area contributed by atoms with Gasteiger partial charge in [-0.15, -0.1) is 0 Å². The summed E-state index contributed by atoms with van der Waals surface area (Å²) in [5.74, 6) is 1.42. The number of hydrogen-bond donors (Lipinski definition) is 0. The van der Waals surface area contributed by atoms with Crippen molar-refractivity contribution >= 4 is 6.09 Å². The molecule has 2 fully saturated rings. The van der Waals surface area contributed by atoms with E-state index >= 15 is 0 Å². The van der Waals surface area contributed by atoms with Crippen molar-refractivity contribution in [1.82, 2.24) is 9.80 Å². The summed E-state index contributed by atoms with van der Waals surface area (Å²) in [4.78, 5) is 16.2.